The van der Waals surface area contributed by atoms with Gasteiger partial charge in [0.1, 0.15) is 5.15 Å². The molecule has 0 aliphatic rings. The second-order valence-electron chi connectivity index (χ2n) is 4.03. The van der Waals surface area contributed by atoms with Gasteiger partial charge >= 0.3 is 6.18 Å². The summed E-state index contributed by atoms with van der Waals surface area (Å²) in [7, 11) is 0. The molecule has 0 aliphatic heterocycles. The molecule has 0 saturated carbocycles. The summed E-state index contributed by atoms with van der Waals surface area (Å²) in [5, 5.41) is 3.53. The molecule has 1 aromatic rings. The largest absolute Gasteiger partial charge is 0.436 e. The molecule has 0 N–H and O–H groups in total. The molecule has 1 heterocycles. The van der Waals surface area contributed by atoms with Gasteiger partial charge in [-0.2, -0.15) is 18.3 Å². The van der Waals surface area contributed by atoms with E-state index in [0.29, 0.717) is 0 Å². The summed E-state index contributed by atoms with van der Waals surface area (Å²) >= 11 is 7.35. The Labute approximate surface area is 104 Å². The van der Waals surface area contributed by atoms with E-state index in [1.165, 1.54) is 4.68 Å². The zero-order valence-corrected chi connectivity index (χ0v) is 11.2. The van der Waals surface area contributed by atoms with Crippen LogP contribution in [0.5, 0.6) is 0 Å². The average Bonchev–Trinajstić information content (AvgIpc) is 2.26. The standard InChI is InChI=1S/C8H9ClF3IN2/c1-7(2,3)15-6(9)4(13)5(14-15)8(10,11)12/h1-3H3. The fourth-order valence-corrected chi connectivity index (χ4v) is 2.03. The maximum absolute atomic E-state index is 12.5. The van der Waals surface area contributed by atoms with Crippen molar-refractivity contribution in [3.8, 4) is 0 Å². The highest BCUT2D eigenvalue weighted by molar-refractivity contribution is 14.1. The number of rotatable bonds is 0. The Morgan fingerprint density at radius 1 is 1.27 bits per heavy atom. The lowest BCUT2D eigenvalue weighted by Crippen LogP contribution is -2.24. The van der Waals surface area contributed by atoms with Crippen molar-refractivity contribution in [2.24, 2.45) is 0 Å². The molecule has 0 atom stereocenters. The van der Waals surface area contributed by atoms with E-state index in [2.05, 4.69) is 5.10 Å². The number of aromatic nitrogens is 2. The summed E-state index contributed by atoms with van der Waals surface area (Å²) in [5.74, 6) is 0. The lowest BCUT2D eigenvalue weighted by molar-refractivity contribution is -0.142. The van der Waals surface area contributed by atoms with Crippen LogP contribution in [0.15, 0.2) is 0 Å². The molecular weight excluding hydrogens is 343 g/mol. The van der Waals surface area contributed by atoms with Gasteiger partial charge in [0, 0.05) is 0 Å². The van der Waals surface area contributed by atoms with Crippen LogP contribution < -0.4 is 0 Å². The molecule has 7 heteroatoms. The summed E-state index contributed by atoms with van der Waals surface area (Å²) in [5.41, 5.74) is -1.50. The molecule has 1 aromatic heterocycles. The maximum Gasteiger partial charge on any atom is 0.436 e. The Morgan fingerprint density at radius 3 is 1.93 bits per heavy atom. The molecule has 86 valence electrons. The molecule has 0 unspecified atom stereocenters. The Morgan fingerprint density at radius 2 is 1.73 bits per heavy atom. The minimum absolute atomic E-state index is 0.0235. The van der Waals surface area contributed by atoms with Gasteiger partial charge in [-0.15, -0.1) is 0 Å². The number of hydrogen-bond acceptors (Lipinski definition) is 1. The minimum Gasteiger partial charge on any atom is -0.247 e. The lowest BCUT2D eigenvalue weighted by Gasteiger charge is -2.20. The van der Waals surface area contributed by atoms with E-state index < -0.39 is 17.4 Å². The van der Waals surface area contributed by atoms with Gasteiger partial charge in [0.2, 0.25) is 0 Å². The van der Waals surface area contributed by atoms with Crippen LogP contribution >= 0.6 is 34.2 Å². The van der Waals surface area contributed by atoms with Crippen molar-refractivity contribution >= 4 is 34.2 Å². The molecule has 0 saturated heterocycles. The molecule has 0 bridgehead atoms. The first-order valence-corrected chi connectivity index (χ1v) is 5.52. The maximum atomic E-state index is 12.5. The number of alkyl halides is 3. The van der Waals surface area contributed by atoms with Crippen molar-refractivity contribution in [2.75, 3.05) is 0 Å². The SMILES string of the molecule is CC(C)(C)n1nc(C(F)(F)F)c(I)c1Cl. The highest BCUT2D eigenvalue weighted by atomic mass is 127. The Balaban J connectivity index is 3.38. The van der Waals surface area contributed by atoms with Gasteiger partial charge in [-0.25, -0.2) is 4.68 Å². The zero-order valence-electron chi connectivity index (χ0n) is 8.28. The smallest absolute Gasteiger partial charge is 0.247 e. The van der Waals surface area contributed by atoms with Gasteiger partial charge in [0.25, 0.3) is 0 Å². The fourth-order valence-electron chi connectivity index (χ4n) is 1.00. The number of halogens is 5. The molecule has 1 rings (SSSR count). The fraction of sp³-hybridized carbons (Fsp3) is 0.625. The third kappa shape index (κ3) is 2.58. The van der Waals surface area contributed by atoms with E-state index in [4.69, 9.17) is 11.6 Å². The van der Waals surface area contributed by atoms with Crippen LogP contribution in [-0.2, 0) is 11.7 Å². The molecule has 0 aliphatic carbocycles. The van der Waals surface area contributed by atoms with Crippen LogP contribution in [0.2, 0.25) is 5.15 Å². The van der Waals surface area contributed by atoms with Crippen molar-refractivity contribution in [1.29, 1.82) is 0 Å². The first-order valence-electron chi connectivity index (χ1n) is 4.07. The monoisotopic (exact) mass is 352 g/mol. The van der Waals surface area contributed by atoms with E-state index in [1.54, 1.807) is 43.4 Å². The van der Waals surface area contributed by atoms with Crippen LogP contribution in [0.25, 0.3) is 0 Å². The Bertz CT molecular complexity index is 344. The van der Waals surface area contributed by atoms with E-state index in [-0.39, 0.29) is 8.72 Å². The van der Waals surface area contributed by atoms with Gasteiger partial charge in [-0.1, -0.05) is 11.6 Å². The highest BCUT2D eigenvalue weighted by Gasteiger charge is 2.39. The first kappa shape index (κ1) is 13.1. The Kier molecular flexibility index (Phi) is 3.31. The molecule has 2 nitrogen and oxygen atoms in total. The normalized spacial score (nSPS) is 13.3. The lowest BCUT2D eigenvalue weighted by atomic mass is 10.1. The van der Waals surface area contributed by atoms with Crippen molar-refractivity contribution < 1.29 is 13.2 Å². The first-order chi connectivity index (χ1) is 6.55. The van der Waals surface area contributed by atoms with Crippen LogP contribution in [-0.4, -0.2) is 9.78 Å². The third-order valence-corrected chi connectivity index (χ3v) is 3.37. The van der Waals surface area contributed by atoms with Gasteiger partial charge in [0.05, 0.1) is 9.11 Å². The average molecular weight is 353 g/mol. The van der Waals surface area contributed by atoms with Crippen molar-refractivity contribution in [3.05, 3.63) is 14.4 Å². The topological polar surface area (TPSA) is 17.8 Å². The predicted octanol–water partition coefficient (Wildman–Crippen LogP) is 3.91. The van der Waals surface area contributed by atoms with Gasteiger partial charge in [-0.05, 0) is 43.4 Å². The molecule has 0 spiro atoms. The second-order valence-corrected chi connectivity index (χ2v) is 5.47. The minimum atomic E-state index is -4.46. The molecule has 0 amide bonds. The molecular formula is C8H9ClF3IN2. The van der Waals surface area contributed by atoms with E-state index >= 15 is 0 Å². The molecule has 15 heavy (non-hydrogen) atoms. The second kappa shape index (κ2) is 3.80. The Hall–Kier alpha value is 0.0200. The van der Waals surface area contributed by atoms with Crippen molar-refractivity contribution in [2.45, 2.75) is 32.5 Å². The van der Waals surface area contributed by atoms with Gasteiger partial charge in [-0.3, -0.25) is 0 Å². The van der Waals surface area contributed by atoms with Gasteiger partial charge < -0.3 is 0 Å². The van der Waals surface area contributed by atoms with Gasteiger partial charge in [0.15, 0.2) is 5.69 Å². The highest BCUT2D eigenvalue weighted by Crippen LogP contribution is 2.36. The van der Waals surface area contributed by atoms with Crippen molar-refractivity contribution in [3.63, 3.8) is 0 Å². The third-order valence-electron chi connectivity index (χ3n) is 1.68. The molecule has 0 fully saturated rings. The molecule has 0 radical (unpaired) electrons. The summed E-state index contributed by atoms with van der Waals surface area (Å²) in [4.78, 5) is 0. The van der Waals surface area contributed by atoms with E-state index in [1.807, 2.05) is 0 Å². The van der Waals surface area contributed by atoms with Crippen LogP contribution in [0.4, 0.5) is 13.2 Å². The summed E-state index contributed by atoms with van der Waals surface area (Å²) in [6, 6.07) is 0. The van der Waals surface area contributed by atoms with Crippen LogP contribution in [0.3, 0.4) is 0 Å². The summed E-state index contributed by atoms with van der Waals surface area (Å²) < 4.78 is 38.6. The number of nitrogens with zero attached hydrogens (tertiary/aromatic N) is 2. The summed E-state index contributed by atoms with van der Waals surface area (Å²) in [6.45, 7) is 5.21. The van der Waals surface area contributed by atoms with E-state index in [9.17, 15) is 13.2 Å². The summed E-state index contributed by atoms with van der Waals surface area (Å²) in [6.07, 6.45) is -4.46. The zero-order chi connectivity index (χ0) is 12.0. The predicted molar refractivity (Wildman–Crippen MR) is 60.0 cm³/mol. The van der Waals surface area contributed by atoms with E-state index in [0.717, 1.165) is 0 Å². The van der Waals surface area contributed by atoms with Crippen LogP contribution in [0, 0.1) is 3.57 Å². The number of hydrogen-bond donors (Lipinski definition) is 0. The van der Waals surface area contributed by atoms with Crippen LogP contribution in [0.1, 0.15) is 26.5 Å². The molecule has 0 aromatic carbocycles. The van der Waals surface area contributed by atoms with Crippen molar-refractivity contribution in [1.82, 2.24) is 9.78 Å². The quantitative estimate of drug-likeness (QED) is 0.647.